The quantitative estimate of drug-likeness (QED) is 0.0945. The topological polar surface area (TPSA) is 176 Å². The number of aliphatic hydroxyl groups is 1. The van der Waals surface area contributed by atoms with Crippen molar-refractivity contribution in [2.24, 2.45) is 23.5 Å². The number of aromatic nitrogens is 1. The predicted molar refractivity (Wildman–Crippen MR) is 275 cm³/mol. The molecule has 1 amide bonds. The number of ether oxygens (including phenoxy) is 4. The number of ketones is 2. The molecule has 14 nitrogen and oxygen atoms in total. The van der Waals surface area contributed by atoms with Crippen molar-refractivity contribution in [1.82, 2.24) is 10.1 Å². The number of anilines is 1. The molecule has 2 fully saturated rings. The molecule has 4 aromatic carbocycles. The van der Waals surface area contributed by atoms with Gasteiger partial charge in [-0.1, -0.05) is 112 Å². The first-order chi connectivity index (χ1) is 35.4. The minimum Gasteiger partial charge on any atom is -0.507 e. The molecular formula is C57H63F3N4O10Si. The number of likely N-dealkylation sites (tertiary alicyclic amines) is 1. The highest BCUT2D eigenvalue weighted by molar-refractivity contribution is 6.74. The van der Waals surface area contributed by atoms with Crippen LogP contribution in [-0.2, 0) is 40.1 Å². The molecular weight excluding hydrogens is 986 g/mol. The maximum absolute atomic E-state index is 16.3. The highest BCUT2D eigenvalue weighted by atomic mass is 28.4. The molecule has 0 spiro atoms. The number of halogens is 3. The maximum Gasteiger partial charge on any atom is 0.573 e. The number of alkyl halides is 3. The monoisotopic (exact) mass is 1050 g/mol. The summed E-state index contributed by atoms with van der Waals surface area (Å²) in [5, 5.41) is 16.8. The van der Waals surface area contributed by atoms with Gasteiger partial charge in [-0.05, 0) is 98.4 Å². The average Bonchev–Trinajstić information content (AvgIpc) is 3.98. The number of amides is 1. The first-order valence-electron chi connectivity index (χ1n) is 25.5. The molecule has 3 aliphatic carbocycles. The molecule has 3 heterocycles. The number of hydrogen-bond acceptors (Lipinski definition) is 13. The number of rotatable bonds is 11. The number of nitrogens with two attached hydrogens (primary N) is 1. The molecule has 1 aromatic heterocycles. The van der Waals surface area contributed by atoms with E-state index in [0.29, 0.717) is 25.1 Å². The highest BCUT2D eigenvalue weighted by Gasteiger charge is 2.68. The Morgan fingerprint density at radius 2 is 1.45 bits per heavy atom. The van der Waals surface area contributed by atoms with E-state index in [2.05, 4.69) is 10.1 Å². The summed E-state index contributed by atoms with van der Waals surface area (Å²) in [5.74, 6) is -6.05. The van der Waals surface area contributed by atoms with Gasteiger partial charge >= 0.3 is 12.5 Å². The van der Waals surface area contributed by atoms with Crippen molar-refractivity contribution in [1.29, 1.82) is 0 Å². The van der Waals surface area contributed by atoms with Gasteiger partial charge in [0.2, 0.25) is 11.6 Å². The Labute approximate surface area is 435 Å². The van der Waals surface area contributed by atoms with Crippen LogP contribution in [0.2, 0.25) is 18.1 Å². The van der Waals surface area contributed by atoms with E-state index < -0.39 is 89.9 Å². The molecule has 1 saturated carbocycles. The number of carbonyl (C=O) groups is 3. The standard InChI is InChI=1S/C57H63F3N4O10Si/c1-54(2,3)72-53(68)64-29-35-24-25-63(28-32-18-12-9-13-19-32)44(35)41-45(64)49(69-30-33-20-14-10-15-21-33)40-37(47(41)71-57(58,59)60)26-36-27-38-43(61)48-42(52(62-73-48)70-31-34-22-16-11-17-23-34)51(67)56(38,50(66)39(36)46(40)65)74-75(7,8)55(4,5)6/h9-23,35-36,38,43-44,65H,24-31,61H2,1-8H3/t35?,36-,38-,43-,44?,56-/m0/s1. The largest absolute Gasteiger partial charge is 0.573 e. The lowest BCUT2D eigenvalue weighted by Gasteiger charge is -2.53. The van der Waals surface area contributed by atoms with E-state index in [0.717, 1.165) is 11.1 Å². The van der Waals surface area contributed by atoms with Crippen molar-refractivity contribution in [2.45, 2.75) is 128 Å². The molecule has 396 valence electrons. The molecule has 3 N–H and O–H groups in total. The van der Waals surface area contributed by atoms with E-state index in [1.165, 1.54) is 4.90 Å². The first-order valence-corrected chi connectivity index (χ1v) is 28.4. The fourth-order valence-corrected chi connectivity index (χ4v) is 13.0. The lowest BCUT2D eigenvalue weighted by atomic mass is 9.57. The fourth-order valence-electron chi connectivity index (χ4n) is 11.5. The smallest absolute Gasteiger partial charge is 0.507 e. The van der Waals surface area contributed by atoms with Crippen molar-refractivity contribution in [2.75, 3.05) is 18.0 Å². The summed E-state index contributed by atoms with van der Waals surface area (Å²) in [5.41, 5.74) is 5.24. The number of carbonyl (C=O) groups excluding carboxylic acids is 3. The third-order valence-corrected chi connectivity index (χ3v) is 20.3. The maximum atomic E-state index is 16.3. The number of hydrogen-bond donors (Lipinski definition) is 2. The molecule has 5 aromatic rings. The Kier molecular flexibility index (Phi) is 13.1. The summed E-state index contributed by atoms with van der Waals surface area (Å²) < 4.78 is 83.5. The number of fused-ring (bicyclic) bond motifs is 7. The summed E-state index contributed by atoms with van der Waals surface area (Å²) in [6.45, 7) is 15.4. The van der Waals surface area contributed by atoms with Crippen LogP contribution in [0.4, 0.5) is 23.7 Å². The summed E-state index contributed by atoms with van der Waals surface area (Å²) in [6.07, 6.45) is -6.05. The molecule has 0 bridgehead atoms. The first kappa shape index (κ1) is 52.0. The zero-order chi connectivity index (χ0) is 53.6. The van der Waals surface area contributed by atoms with Crippen LogP contribution in [-0.4, -0.2) is 71.8 Å². The predicted octanol–water partition coefficient (Wildman–Crippen LogP) is 11.7. The van der Waals surface area contributed by atoms with Crippen LogP contribution in [0.25, 0.3) is 5.76 Å². The molecule has 6 atom stereocenters. The number of nitrogens with zero attached hydrogens (tertiary/aromatic N) is 3. The summed E-state index contributed by atoms with van der Waals surface area (Å²) in [4.78, 5) is 50.2. The number of benzene rings is 4. The number of aliphatic hydroxyl groups excluding tert-OH is 1. The van der Waals surface area contributed by atoms with Crippen molar-refractivity contribution < 1.29 is 60.6 Å². The minimum absolute atomic E-state index is 0.00899. The molecule has 5 aliphatic rings. The fraction of sp³-hybridized carbons (Fsp3) is 0.439. The Morgan fingerprint density at radius 1 is 0.853 bits per heavy atom. The van der Waals surface area contributed by atoms with Crippen LogP contribution in [0.5, 0.6) is 17.4 Å². The third-order valence-electron chi connectivity index (χ3n) is 15.8. The Morgan fingerprint density at radius 3 is 2.04 bits per heavy atom. The second-order valence-corrected chi connectivity index (χ2v) is 27.7. The van der Waals surface area contributed by atoms with Crippen molar-refractivity contribution in [3.05, 3.63) is 141 Å². The van der Waals surface area contributed by atoms with Gasteiger partial charge in [-0.25, -0.2) is 4.79 Å². The van der Waals surface area contributed by atoms with Gasteiger partial charge in [-0.15, -0.1) is 13.2 Å². The van der Waals surface area contributed by atoms with Gasteiger partial charge in [-0.3, -0.25) is 19.4 Å². The van der Waals surface area contributed by atoms with Gasteiger partial charge in [-0.2, -0.15) is 0 Å². The van der Waals surface area contributed by atoms with E-state index in [4.69, 9.17) is 33.6 Å². The molecule has 0 radical (unpaired) electrons. The highest BCUT2D eigenvalue weighted by Crippen LogP contribution is 2.63. The zero-order valence-electron chi connectivity index (χ0n) is 43.4. The van der Waals surface area contributed by atoms with Crippen LogP contribution in [0.3, 0.4) is 0 Å². The zero-order valence-corrected chi connectivity index (χ0v) is 44.4. The SMILES string of the molecule is CC(C)(C)OC(=O)N1CC2CCN(Cc3ccccc3)C2c2c(OC(F)(F)F)c3c(c(OCc4ccccc4)c21)C(O)=C1C(=O)[C@]2(O[Si](C)(C)C(C)(C)C)C(=O)c4c(OCc5ccccc5)noc4[C@@H](N)[C@@H]2C[C@@H]1C3. The Balaban J connectivity index is 1.23. The third kappa shape index (κ3) is 9.30. The molecule has 75 heavy (non-hydrogen) atoms. The van der Waals surface area contributed by atoms with Crippen molar-refractivity contribution >= 4 is 37.4 Å². The van der Waals surface area contributed by atoms with Crippen LogP contribution in [0, 0.1) is 17.8 Å². The van der Waals surface area contributed by atoms with Crippen LogP contribution < -0.4 is 24.8 Å². The van der Waals surface area contributed by atoms with E-state index in [1.807, 2.05) is 101 Å². The lowest BCUT2D eigenvalue weighted by Crippen LogP contribution is -2.68. The lowest BCUT2D eigenvalue weighted by molar-refractivity contribution is -0.275. The number of Topliss-reactive ketones (excluding diaryl/α,β-unsaturated/α-hetero) is 2. The summed E-state index contributed by atoms with van der Waals surface area (Å²) in [7, 11) is -3.19. The van der Waals surface area contributed by atoms with Gasteiger partial charge in [0.15, 0.2) is 25.4 Å². The molecule has 2 unspecified atom stereocenters. The average molecular weight is 1050 g/mol. The van der Waals surface area contributed by atoms with E-state index >= 15 is 22.8 Å². The second kappa shape index (κ2) is 19.0. The Bertz CT molecular complexity index is 3060. The van der Waals surface area contributed by atoms with Crippen molar-refractivity contribution in [3.63, 3.8) is 0 Å². The normalized spacial score (nSPS) is 23.6. The van der Waals surface area contributed by atoms with E-state index in [1.54, 1.807) is 45.0 Å². The van der Waals surface area contributed by atoms with Gasteiger partial charge in [0, 0.05) is 41.7 Å². The van der Waals surface area contributed by atoms with Crippen LogP contribution >= 0.6 is 0 Å². The summed E-state index contributed by atoms with van der Waals surface area (Å²) in [6, 6.07) is 25.8. The molecule has 18 heteroatoms. The second-order valence-electron chi connectivity index (χ2n) is 22.9. The summed E-state index contributed by atoms with van der Waals surface area (Å²) >= 11 is 0. The molecule has 1 saturated heterocycles. The van der Waals surface area contributed by atoms with E-state index in [-0.39, 0.29) is 83.5 Å². The van der Waals surface area contributed by atoms with Gasteiger partial charge in [0.05, 0.1) is 17.3 Å². The van der Waals surface area contributed by atoms with Crippen molar-refractivity contribution in [3.8, 4) is 17.4 Å². The minimum atomic E-state index is -5.28. The van der Waals surface area contributed by atoms with Gasteiger partial charge < -0.3 is 38.7 Å². The van der Waals surface area contributed by atoms with E-state index in [9.17, 15) is 9.90 Å². The Hall–Kier alpha value is -6.47. The van der Waals surface area contributed by atoms with Gasteiger partial charge in [0.1, 0.15) is 35.9 Å². The van der Waals surface area contributed by atoms with Crippen LogP contribution in [0.15, 0.2) is 101 Å². The molecule has 2 aliphatic heterocycles. The van der Waals surface area contributed by atoms with Gasteiger partial charge in [0.25, 0.3) is 5.88 Å². The van der Waals surface area contributed by atoms with Crippen LogP contribution in [0.1, 0.15) is 116 Å². The molecule has 10 rings (SSSR count).